The molecule has 1 aliphatic carbocycles. The maximum atomic E-state index is 6.31. The Morgan fingerprint density at radius 3 is 2.94 bits per heavy atom. The van der Waals surface area contributed by atoms with Crippen molar-refractivity contribution in [2.45, 2.75) is 18.9 Å². The minimum absolute atomic E-state index is 0.517. The van der Waals surface area contributed by atoms with Crippen molar-refractivity contribution in [1.82, 2.24) is 10.3 Å². The van der Waals surface area contributed by atoms with Crippen molar-refractivity contribution in [3.8, 4) is 5.75 Å². The molecular formula is C13H15ClN2O. The molecule has 4 heteroatoms. The Balaban J connectivity index is 2.23. The van der Waals surface area contributed by atoms with Crippen LogP contribution in [-0.4, -0.2) is 25.2 Å². The number of hydrogen-bond acceptors (Lipinski definition) is 2. The minimum atomic E-state index is 0.517. The van der Waals surface area contributed by atoms with E-state index in [0.717, 1.165) is 34.5 Å². The van der Waals surface area contributed by atoms with Gasteiger partial charge in [0.2, 0.25) is 0 Å². The number of halogens is 1. The largest absolute Gasteiger partial charge is 0.495 e. The van der Waals surface area contributed by atoms with Gasteiger partial charge in [-0.3, -0.25) is 0 Å². The highest BCUT2D eigenvalue weighted by Gasteiger charge is 2.26. The number of aromatic amines is 1. The summed E-state index contributed by atoms with van der Waals surface area (Å²) in [6.07, 6.45) is 2.05. The Bertz CT molecular complexity index is 576. The normalized spacial score (nSPS) is 18.6. The zero-order chi connectivity index (χ0) is 12.0. The molecule has 2 aromatic rings. The number of ether oxygens (including phenoxy) is 1. The van der Waals surface area contributed by atoms with Gasteiger partial charge in [-0.05, 0) is 31.2 Å². The molecule has 0 amide bonds. The number of H-pyrrole nitrogens is 1. The van der Waals surface area contributed by atoms with E-state index in [-0.39, 0.29) is 0 Å². The van der Waals surface area contributed by atoms with E-state index in [4.69, 9.17) is 16.3 Å². The molecule has 1 aliphatic rings. The fourth-order valence-electron chi connectivity index (χ4n) is 2.69. The van der Waals surface area contributed by atoms with Gasteiger partial charge in [0.25, 0.3) is 0 Å². The van der Waals surface area contributed by atoms with Gasteiger partial charge in [0, 0.05) is 23.5 Å². The van der Waals surface area contributed by atoms with E-state index < -0.39 is 0 Å². The fraction of sp³-hybridized carbons (Fsp3) is 0.385. The van der Waals surface area contributed by atoms with Crippen LogP contribution in [0, 0.1) is 0 Å². The topological polar surface area (TPSA) is 37.0 Å². The molecule has 0 spiro atoms. The van der Waals surface area contributed by atoms with Crippen LogP contribution < -0.4 is 10.1 Å². The molecule has 3 rings (SSSR count). The van der Waals surface area contributed by atoms with Crippen molar-refractivity contribution in [3.63, 3.8) is 0 Å². The third-order valence-corrected chi connectivity index (χ3v) is 3.90. The first-order valence-corrected chi connectivity index (χ1v) is 6.15. The average molecular weight is 251 g/mol. The van der Waals surface area contributed by atoms with E-state index in [9.17, 15) is 0 Å². The standard InChI is InChI=1S/C13H15ClN2O/c1-15-7-5-8-10(6-7)16-13-11(17-2)4-3-9(14)12(8)13/h3-4,7,15-16H,5-6H2,1-2H3. The van der Waals surface area contributed by atoms with E-state index in [1.165, 1.54) is 11.3 Å². The molecular weight excluding hydrogens is 236 g/mol. The average Bonchev–Trinajstić information content (AvgIpc) is 2.86. The molecule has 1 aromatic carbocycles. The van der Waals surface area contributed by atoms with Crippen molar-refractivity contribution < 1.29 is 4.74 Å². The molecule has 90 valence electrons. The summed E-state index contributed by atoms with van der Waals surface area (Å²) < 4.78 is 5.37. The van der Waals surface area contributed by atoms with E-state index in [0.29, 0.717) is 6.04 Å². The highest BCUT2D eigenvalue weighted by molar-refractivity contribution is 6.36. The molecule has 1 aromatic heterocycles. The van der Waals surface area contributed by atoms with E-state index in [1.54, 1.807) is 7.11 Å². The molecule has 0 saturated heterocycles. The predicted molar refractivity (Wildman–Crippen MR) is 70.1 cm³/mol. The highest BCUT2D eigenvalue weighted by Crippen LogP contribution is 2.38. The van der Waals surface area contributed by atoms with Gasteiger partial charge in [-0.1, -0.05) is 11.6 Å². The van der Waals surface area contributed by atoms with Crippen LogP contribution in [0.15, 0.2) is 12.1 Å². The number of methoxy groups -OCH3 is 1. The summed E-state index contributed by atoms with van der Waals surface area (Å²) in [5, 5.41) is 5.24. The number of likely N-dealkylation sites (N-methyl/N-ethyl adjacent to an activating group) is 1. The van der Waals surface area contributed by atoms with Gasteiger partial charge in [0.15, 0.2) is 0 Å². The van der Waals surface area contributed by atoms with Crippen molar-refractivity contribution >= 4 is 22.5 Å². The van der Waals surface area contributed by atoms with Crippen LogP contribution in [0.5, 0.6) is 5.75 Å². The molecule has 2 N–H and O–H groups in total. The van der Waals surface area contributed by atoms with E-state index in [1.807, 2.05) is 19.2 Å². The summed E-state index contributed by atoms with van der Waals surface area (Å²) >= 11 is 6.31. The highest BCUT2D eigenvalue weighted by atomic mass is 35.5. The zero-order valence-electron chi connectivity index (χ0n) is 9.93. The van der Waals surface area contributed by atoms with Gasteiger partial charge in [-0.15, -0.1) is 0 Å². The summed E-state index contributed by atoms with van der Waals surface area (Å²) in [5.74, 6) is 0.861. The van der Waals surface area contributed by atoms with Gasteiger partial charge in [0.1, 0.15) is 5.75 Å². The van der Waals surface area contributed by atoms with Crippen molar-refractivity contribution in [2.24, 2.45) is 0 Å². The van der Waals surface area contributed by atoms with Crippen LogP contribution in [0.3, 0.4) is 0 Å². The first-order chi connectivity index (χ1) is 8.24. The second-order valence-corrected chi connectivity index (χ2v) is 4.88. The number of benzene rings is 1. The molecule has 1 unspecified atom stereocenters. The lowest BCUT2D eigenvalue weighted by atomic mass is 10.1. The third-order valence-electron chi connectivity index (χ3n) is 3.59. The monoisotopic (exact) mass is 250 g/mol. The lowest BCUT2D eigenvalue weighted by molar-refractivity contribution is 0.419. The molecule has 0 saturated carbocycles. The first kappa shape index (κ1) is 10.9. The van der Waals surface area contributed by atoms with Crippen LogP contribution >= 0.6 is 11.6 Å². The van der Waals surface area contributed by atoms with Crippen molar-refractivity contribution in [2.75, 3.05) is 14.2 Å². The molecule has 0 fully saturated rings. The molecule has 1 atom stereocenters. The van der Waals surface area contributed by atoms with Crippen LogP contribution in [-0.2, 0) is 12.8 Å². The Hall–Kier alpha value is -1.19. The Morgan fingerprint density at radius 1 is 1.41 bits per heavy atom. The predicted octanol–water partition coefficient (Wildman–Crippen LogP) is 2.52. The Labute approximate surface area is 105 Å². The molecule has 0 radical (unpaired) electrons. The number of aromatic nitrogens is 1. The maximum absolute atomic E-state index is 6.31. The van der Waals surface area contributed by atoms with Crippen LogP contribution in [0.25, 0.3) is 10.9 Å². The van der Waals surface area contributed by atoms with Crippen LogP contribution in [0.4, 0.5) is 0 Å². The number of nitrogens with one attached hydrogen (secondary N) is 2. The maximum Gasteiger partial charge on any atom is 0.143 e. The number of hydrogen-bond donors (Lipinski definition) is 2. The summed E-state index contributed by atoms with van der Waals surface area (Å²) in [5.41, 5.74) is 3.65. The molecule has 17 heavy (non-hydrogen) atoms. The summed E-state index contributed by atoms with van der Waals surface area (Å²) in [7, 11) is 3.69. The summed E-state index contributed by atoms with van der Waals surface area (Å²) in [6.45, 7) is 0. The zero-order valence-corrected chi connectivity index (χ0v) is 10.7. The van der Waals surface area contributed by atoms with Gasteiger partial charge >= 0.3 is 0 Å². The number of rotatable bonds is 2. The van der Waals surface area contributed by atoms with Gasteiger partial charge in [0.05, 0.1) is 17.6 Å². The Kier molecular flexibility index (Phi) is 2.53. The minimum Gasteiger partial charge on any atom is -0.495 e. The summed E-state index contributed by atoms with van der Waals surface area (Å²) in [4.78, 5) is 3.45. The Morgan fingerprint density at radius 2 is 2.24 bits per heavy atom. The fourth-order valence-corrected chi connectivity index (χ4v) is 2.96. The molecule has 0 aliphatic heterocycles. The first-order valence-electron chi connectivity index (χ1n) is 5.77. The van der Waals surface area contributed by atoms with Crippen molar-refractivity contribution in [3.05, 3.63) is 28.4 Å². The third kappa shape index (κ3) is 1.53. The SMILES string of the molecule is CNC1Cc2[nH]c3c(OC)ccc(Cl)c3c2C1. The molecule has 0 bridgehead atoms. The van der Waals surface area contributed by atoms with Gasteiger partial charge in [-0.25, -0.2) is 0 Å². The van der Waals surface area contributed by atoms with Crippen molar-refractivity contribution in [1.29, 1.82) is 0 Å². The molecule has 3 nitrogen and oxygen atoms in total. The van der Waals surface area contributed by atoms with E-state index >= 15 is 0 Å². The quantitative estimate of drug-likeness (QED) is 0.860. The van der Waals surface area contributed by atoms with Gasteiger partial charge < -0.3 is 15.0 Å². The van der Waals surface area contributed by atoms with E-state index in [2.05, 4.69) is 10.3 Å². The van der Waals surface area contributed by atoms with Gasteiger partial charge in [-0.2, -0.15) is 0 Å². The lowest BCUT2D eigenvalue weighted by Gasteiger charge is -2.08. The van der Waals surface area contributed by atoms with Crippen LogP contribution in [0.1, 0.15) is 11.3 Å². The van der Waals surface area contributed by atoms with Crippen LogP contribution in [0.2, 0.25) is 5.02 Å². The smallest absolute Gasteiger partial charge is 0.143 e. The lowest BCUT2D eigenvalue weighted by Crippen LogP contribution is -2.25. The second-order valence-electron chi connectivity index (χ2n) is 4.48. The summed E-state index contributed by atoms with van der Waals surface area (Å²) in [6, 6.07) is 4.33. The number of fused-ring (bicyclic) bond motifs is 3. The second kappa shape index (κ2) is 3.93. The molecule has 1 heterocycles.